The highest BCUT2D eigenvalue weighted by Crippen LogP contribution is 2.29. The average molecular weight is 186 g/mol. The van der Waals surface area contributed by atoms with Crippen LogP contribution in [0.3, 0.4) is 0 Å². The van der Waals surface area contributed by atoms with Gasteiger partial charge in [0.25, 0.3) is 0 Å². The van der Waals surface area contributed by atoms with E-state index >= 15 is 0 Å². The van der Waals surface area contributed by atoms with Crippen LogP contribution in [0.15, 0.2) is 12.1 Å². The maximum absolute atomic E-state index is 8.90. The predicted molar refractivity (Wildman–Crippen MR) is 55.8 cm³/mol. The molecule has 0 unspecified atom stereocenters. The van der Waals surface area contributed by atoms with Crippen LogP contribution < -0.4 is 5.73 Å². The summed E-state index contributed by atoms with van der Waals surface area (Å²) in [6.07, 6.45) is 3.28. The molecule has 2 nitrogen and oxygen atoms in total. The molecule has 0 aromatic heterocycles. The largest absolute Gasteiger partial charge is 0.324 e. The van der Waals surface area contributed by atoms with Gasteiger partial charge in [-0.1, -0.05) is 6.07 Å². The number of rotatable bonds is 0. The maximum atomic E-state index is 8.90. The summed E-state index contributed by atoms with van der Waals surface area (Å²) < 4.78 is 0. The molecule has 0 fully saturated rings. The second kappa shape index (κ2) is 3.43. The number of hydrogen-bond donors (Lipinski definition) is 1. The minimum Gasteiger partial charge on any atom is -0.324 e. The maximum Gasteiger partial charge on any atom is 0.0994 e. The fourth-order valence-electron chi connectivity index (χ4n) is 2.13. The molecule has 0 aliphatic heterocycles. The summed E-state index contributed by atoms with van der Waals surface area (Å²) in [6, 6.07) is 6.48. The van der Waals surface area contributed by atoms with E-state index in [-0.39, 0.29) is 6.04 Å². The Morgan fingerprint density at radius 1 is 1.50 bits per heavy atom. The standard InChI is InChI=1S/C12H14N2/c1-8-5-11-9(6-10(8)7-13)3-2-4-12(11)14/h5-6,12H,2-4,14H2,1H3/t12-/m0/s1. The lowest BCUT2D eigenvalue weighted by atomic mass is 9.86. The van der Waals surface area contributed by atoms with Gasteiger partial charge in [0.05, 0.1) is 11.6 Å². The normalized spacial score (nSPS) is 19.9. The summed E-state index contributed by atoms with van der Waals surface area (Å²) in [4.78, 5) is 0. The molecule has 0 amide bonds. The van der Waals surface area contributed by atoms with Crippen molar-refractivity contribution in [1.29, 1.82) is 5.26 Å². The highest BCUT2D eigenvalue weighted by molar-refractivity contribution is 5.46. The number of fused-ring (bicyclic) bond motifs is 1. The fraction of sp³-hybridized carbons (Fsp3) is 0.417. The lowest BCUT2D eigenvalue weighted by molar-refractivity contribution is 0.570. The number of nitriles is 1. The van der Waals surface area contributed by atoms with E-state index in [2.05, 4.69) is 12.1 Å². The molecule has 1 aromatic carbocycles. The fourth-order valence-corrected chi connectivity index (χ4v) is 2.13. The molecular formula is C12H14N2. The summed E-state index contributed by atoms with van der Waals surface area (Å²) >= 11 is 0. The Hall–Kier alpha value is -1.33. The van der Waals surface area contributed by atoms with Crippen LogP contribution in [-0.2, 0) is 6.42 Å². The molecule has 0 spiro atoms. The monoisotopic (exact) mass is 186 g/mol. The number of benzene rings is 1. The molecular weight excluding hydrogens is 172 g/mol. The molecule has 0 heterocycles. The molecule has 1 aliphatic rings. The van der Waals surface area contributed by atoms with Crippen LogP contribution in [-0.4, -0.2) is 0 Å². The van der Waals surface area contributed by atoms with Gasteiger partial charge in [-0.25, -0.2) is 0 Å². The smallest absolute Gasteiger partial charge is 0.0994 e. The molecule has 1 aliphatic carbocycles. The Bertz CT molecular complexity index is 402. The third kappa shape index (κ3) is 1.40. The van der Waals surface area contributed by atoms with Gasteiger partial charge in [0.1, 0.15) is 0 Å². The van der Waals surface area contributed by atoms with Crippen molar-refractivity contribution in [3.05, 3.63) is 34.4 Å². The molecule has 2 heteroatoms. The Kier molecular flexibility index (Phi) is 2.26. The summed E-state index contributed by atoms with van der Waals surface area (Å²) in [5, 5.41) is 8.90. The second-order valence-corrected chi connectivity index (χ2v) is 3.98. The van der Waals surface area contributed by atoms with E-state index in [1.165, 1.54) is 11.1 Å². The van der Waals surface area contributed by atoms with E-state index < -0.39 is 0 Å². The van der Waals surface area contributed by atoms with Gasteiger partial charge >= 0.3 is 0 Å². The summed E-state index contributed by atoms with van der Waals surface area (Å²) in [5.41, 5.74) is 10.4. The first-order valence-corrected chi connectivity index (χ1v) is 5.01. The first-order valence-electron chi connectivity index (χ1n) is 5.01. The zero-order chi connectivity index (χ0) is 10.1. The van der Waals surface area contributed by atoms with Crippen molar-refractivity contribution in [2.45, 2.75) is 32.2 Å². The summed E-state index contributed by atoms with van der Waals surface area (Å²) in [6.45, 7) is 1.97. The van der Waals surface area contributed by atoms with E-state index in [0.717, 1.165) is 30.4 Å². The Labute approximate surface area is 84.3 Å². The van der Waals surface area contributed by atoms with Crippen LogP contribution >= 0.6 is 0 Å². The van der Waals surface area contributed by atoms with Gasteiger partial charge in [-0.15, -0.1) is 0 Å². The van der Waals surface area contributed by atoms with Gasteiger partial charge in [-0.3, -0.25) is 0 Å². The van der Waals surface area contributed by atoms with Gasteiger partial charge < -0.3 is 5.73 Å². The van der Waals surface area contributed by atoms with E-state index in [1.54, 1.807) is 0 Å². The van der Waals surface area contributed by atoms with Gasteiger partial charge in [0.2, 0.25) is 0 Å². The number of hydrogen-bond acceptors (Lipinski definition) is 2. The second-order valence-electron chi connectivity index (χ2n) is 3.98. The van der Waals surface area contributed by atoms with Gasteiger partial charge in [0, 0.05) is 6.04 Å². The summed E-state index contributed by atoms with van der Waals surface area (Å²) in [5.74, 6) is 0. The minimum atomic E-state index is 0.171. The van der Waals surface area contributed by atoms with E-state index in [1.807, 2.05) is 13.0 Å². The SMILES string of the molecule is Cc1cc2c(cc1C#N)CCC[C@@H]2N. The van der Waals surface area contributed by atoms with Crippen LogP contribution in [0.4, 0.5) is 0 Å². The van der Waals surface area contributed by atoms with Gasteiger partial charge in [-0.2, -0.15) is 5.26 Å². The lowest BCUT2D eigenvalue weighted by Gasteiger charge is -2.23. The Morgan fingerprint density at radius 3 is 3.00 bits per heavy atom. The number of nitrogens with zero attached hydrogens (tertiary/aromatic N) is 1. The third-order valence-corrected chi connectivity index (χ3v) is 2.97. The van der Waals surface area contributed by atoms with Crippen molar-refractivity contribution in [1.82, 2.24) is 0 Å². The molecule has 0 saturated heterocycles. The molecule has 2 rings (SSSR count). The molecule has 2 N–H and O–H groups in total. The first kappa shape index (κ1) is 9.23. The predicted octanol–water partition coefficient (Wildman–Crippen LogP) is 2.20. The van der Waals surface area contributed by atoms with Crippen LogP contribution in [0.5, 0.6) is 0 Å². The third-order valence-electron chi connectivity index (χ3n) is 2.97. The van der Waals surface area contributed by atoms with Crippen LogP contribution in [0.25, 0.3) is 0 Å². The average Bonchev–Trinajstić information content (AvgIpc) is 2.19. The van der Waals surface area contributed by atoms with Crippen LogP contribution in [0.1, 0.15) is 41.1 Å². The Balaban J connectivity index is 2.55. The van der Waals surface area contributed by atoms with E-state index in [9.17, 15) is 0 Å². The van der Waals surface area contributed by atoms with E-state index in [0.29, 0.717) is 0 Å². The van der Waals surface area contributed by atoms with E-state index in [4.69, 9.17) is 11.0 Å². The Morgan fingerprint density at radius 2 is 2.29 bits per heavy atom. The van der Waals surface area contributed by atoms with Crippen molar-refractivity contribution < 1.29 is 0 Å². The highest BCUT2D eigenvalue weighted by Gasteiger charge is 2.17. The van der Waals surface area contributed by atoms with Crippen molar-refractivity contribution >= 4 is 0 Å². The van der Waals surface area contributed by atoms with Gasteiger partial charge in [0.15, 0.2) is 0 Å². The molecule has 0 bridgehead atoms. The van der Waals surface area contributed by atoms with Gasteiger partial charge in [-0.05, 0) is 48.9 Å². The van der Waals surface area contributed by atoms with Crippen LogP contribution in [0.2, 0.25) is 0 Å². The molecule has 14 heavy (non-hydrogen) atoms. The minimum absolute atomic E-state index is 0.171. The number of aryl methyl sites for hydroxylation is 2. The quantitative estimate of drug-likeness (QED) is 0.675. The molecule has 0 radical (unpaired) electrons. The highest BCUT2D eigenvalue weighted by atomic mass is 14.6. The molecule has 1 atom stereocenters. The van der Waals surface area contributed by atoms with Crippen LogP contribution in [0, 0.1) is 18.3 Å². The molecule has 72 valence electrons. The topological polar surface area (TPSA) is 49.8 Å². The zero-order valence-electron chi connectivity index (χ0n) is 8.38. The van der Waals surface area contributed by atoms with Crippen molar-refractivity contribution in [3.8, 4) is 6.07 Å². The first-order chi connectivity index (χ1) is 6.72. The number of nitrogens with two attached hydrogens (primary N) is 1. The van der Waals surface area contributed by atoms with Crippen molar-refractivity contribution in [2.75, 3.05) is 0 Å². The zero-order valence-corrected chi connectivity index (χ0v) is 8.38. The molecule has 1 aromatic rings. The van der Waals surface area contributed by atoms with Crippen molar-refractivity contribution in [2.24, 2.45) is 5.73 Å². The lowest BCUT2D eigenvalue weighted by Crippen LogP contribution is -2.17. The molecule has 0 saturated carbocycles. The van der Waals surface area contributed by atoms with Crippen molar-refractivity contribution in [3.63, 3.8) is 0 Å². The summed E-state index contributed by atoms with van der Waals surface area (Å²) in [7, 11) is 0.